The highest BCUT2D eigenvalue weighted by Crippen LogP contribution is 2.16. The van der Waals surface area contributed by atoms with Crippen molar-refractivity contribution in [2.24, 2.45) is 0 Å². The molecule has 18 heavy (non-hydrogen) atoms. The average molecular weight is 246 g/mol. The van der Waals surface area contributed by atoms with Gasteiger partial charge in [-0.2, -0.15) is 5.26 Å². The number of carbonyl (C=O) groups is 1. The Hall–Kier alpha value is -1.86. The second kappa shape index (κ2) is 7.46. The predicted octanol–water partition coefficient (Wildman–Crippen LogP) is 1.93. The third-order valence-corrected chi connectivity index (χ3v) is 2.72. The van der Waals surface area contributed by atoms with E-state index < -0.39 is 6.10 Å². The number of hydrogen-bond acceptors (Lipinski definition) is 4. The molecule has 0 aliphatic rings. The van der Waals surface area contributed by atoms with Crippen LogP contribution >= 0.6 is 0 Å². The van der Waals surface area contributed by atoms with E-state index in [2.05, 4.69) is 6.07 Å². The lowest BCUT2D eigenvalue weighted by molar-refractivity contribution is -0.115. The van der Waals surface area contributed by atoms with E-state index >= 15 is 0 Å². The van der Waals surface area contributed by atoms with Gasteiger partial charge in [0, 0.05) is 19.3 Å². The SMILES string of the molecule is COC(C=O)CN(CCC#N)c1cccc(C)c1. The molecule has 0 radical (unpaired) electrons. The van der Waals surface area contributed by atoms with Crippen LogP contribution in [-0.2, 0) is 9.53 Å². The fourth-order valence-electron chi connectivity index (χ4n) is 1.73. The average Bonchev–Trinajstić information content (AvgIpc) is 2.39. The first kappa shape index (κ1) is 14.2. The fourth-order valence-corrected chi connectivity index (χ4v) is 1.73. The predicted molar refractivity (Wildman–Crippen MR) is 70.5 cm³/mol. The summed E-state index contributed by atoms with van der Waals surface area (Å²) in [6.45, 7) is 3.07. The smallest absolute Gasteiger partial charge is 0.150 e. The number of nitrogens with zero attached hydrogens (tertiary/aromatic N) is 2. The standard InChI is InChI=1S/C14H18N2O2/c1-12-5-3-6-13(9-12)16(8-4-7-15)10-14(11-17)18-2/h3,5-6,9,11,14H,4,8,10H2,1-2H3. The summed E-state index contributed by atoms with van der Waals surface area (Å²) >= 11 is 0. The molecule has 1 aromatic carbocycles. The molecule has 1 aromatic rings. The quantitative estimate of drug-likeness (QED) is 0.690. The molecular weight excluding hydrogens is 228 g/mol. The van der Waals surface area contributed by atoms with Gasteiger partial charge in [0.25, 0.3) is 0 Å². The molecule has 0 bridgehead atoms. The van der Waals surface area contributed by atoms with Crippen molar-refractivity contribution in [3.05, 3.63) is 29.8 Å². The zero-order chi connectivity index (χ0) is 13.4. The lowest BCUT2D eigenvalue weighted by atomic mass is 10.2. The number of carbonyl (C=O) groups excluding carboxylic acids is 1. The summed E-state index contributed by atoms with van der Waals surface area (Å²) in [6, 6.07) is 10.1. The van der Waals surface area contributed by atoms with Crippen LogP contribution in [0.15, 0.2) is 24.3 Å². The Kier molecular flexibility index (Phi) is 5.89. The van der Waals surface area contributed by atoms with Gasteiger partial charge in [-0.15, -0.1) is 0 Å². The van der Waals surface area contributed by atoms with Crippen LogP contribution in [0.25, 0.3) is 0 Å². The van der Waals surface area contributed by atoms with Crippen molar-refractivity contribution in [1.82, 2.24) is 0 Å². The molecule has 1 rings (SSSR count). The van der Waals surface area contributed by atoms with Gasteiger partial charge in [0.2, 0.25) is 0 Å². The molecule has 0 aliphatic carbocycles. The van der Waals surface area contributed by atoms with E-state index in [1.807, 2.05) is 36.1 Å². The van der Waals surface area contributed by atoms with Crippen LogP contribution in [0, 0.1) is 18.3 Å². The molecule has 0 aliphatic heterocycles. The number of hydrogen-bond donors (Lipinski definition) is 0. The molecule has 4 nitrogen and oxygen atoms in total. The molecule has 96 valence electrons. The first-order valence-corrected chi connectivity index (χ1v) is 5.88. The van der Waals surface area contributed by atoms with Crippen molar-refractivity contribution in [3.63, 3.8) is 0 Å². The minimum absolute atomic E-state index is 0.420. The Bertz CT molecular complexity index is 426. The molecule has 0 amide bonds. The topological polar surface area (TPSA) is 53.3 Å². The van der Waals surface area contributed by atoms with E-state index in [1.165, 1.54) is 7.11 Å². The third kappa shape index (κ3) is 4.19. The summed E-state index contributed by atoms with van der Waals surface area (Å²) in [5, 5.41) is 8.69. The van der Waals surface area contributed by atoms with Gasteiger partial charge in [-0.1, -0.05) is 12.1 Å². The molecule has 0 heterocycles. The van der Waals surface area contributed by atoms with E-state index in [9.17, 15) is 4.79 Å². The highest BCUT2D eigenvalue weighted by atomic mass is 16.5. The Balaban J connectivity index is 2.83. The van der Waals surface area contributed by atoms with Gasteiger partial charge in [0.1, 0.15) is 6.10 Å². The Labute approximate surface area is 108 Å². The van der Waals surface area contributed by atoms with E-state index in [4.69, 9.17) is 10.00 Å². The van der Waals surface area contributed by atoms with Crippen LogP contribution in [0.3, 0.4) is 0 Å². The largest absolute Gasteiger partial charge is 0.372 e. The van der Waals surface area contributed by atoms with E-state index in [1.54, 1.807) is 0 Å². The van der Waals surface area contributed by atoms with E-state index in [0.29, 0.717) is 19.5 Å². The van der Waals surface area contributed by atoms with Crippen LogP contribution in [0.1, 0.15) is 12.0 Å². The Morgan fingerprint density at radius 3 is 2.89 bits per heavy atom. The normalized spacial score (nSPS) is 11.6. The number of nitriles is 1. The second-order valence-corrected chi connectivity index (χ2v) is 4.10. The van der Waals surface area contributed by atoms with Crippen molar-refractivity contribution >= 4 is 12.0 Å². The lowest BCUT2D eigenvalue weighted by Gasteiger charge is -2.26. The molecule has 0 saturated carbocycles. The number of ether oxygens (including phenoxy) is 1. The summed E-state index contributed by atoms with van der Waals surface area (Å²) in [7, 11) is 1.51. The van der Waals surface area contributed by atoms with Gasteiger partial charge in [-0.05, 0) is 24.6 Å². The van der Waals surface area contributed by atoms with Gasteiger partial charge in [0.15, 0.2) is 6.29 Å². The van der Waals surface area contributed by atoms with Crippen LogP contribution in [0.4, 0.5) is 5.69 Å². The maximum atomic E-state index is 10.8. The maximum absolute atomic E-state index is 10.8. The number of aryl methyl sites for hydroxylation is 1. The number of aldehydes is 1. The molecule has 0 spiro atoms. The highest BCUT2D eigenvalue weighted by molar-refractivity contribution is 5.59. The minimum Gasteiger partial charge on any atom is -0.372 e. The van der Waals surface area contributed by atoms with Crippen LogP contribution < -0.4 is 4.90 Å². The van der Waals surface area contributed by atoms with Crippen molar-refractivity contribution in [1.29, 1.82) is 5.26 Å². The Morgan fingerprint density at radius 1 is 1.56 bits per heavy atom. The molecule has 1 unspecified atom stereocenters. The van der Waals surface area contributed by atoms with Crippen LogP contribution in [-0.4, -0.2) is 32.6 Å². The molecule has 0 saturated heterocycles. The van der Waals surface area contributed by atoms with Crippen LogP contribution in [0.2, 0.25) is 0 Å². The zero-order valence-electron chi connectivity index (χ0n) is 10.8. The molecule has 4 heteroatoms. The van der Waals surface area contributed by atoms with Gasteiger partial charge in [-0.25, -0.2) is 0 Å². The molecule has 0 fully saturated rings. The summed E-state index contributed by atoms with van der Waals surface area (Å²) in [5.74, 6) is 0. The first-order valence-electron chi connectivity index (χ1n) is 5.88. The zero-order valence-corrected chi connectivity index (χ0v) is 10.8. The summed E-state index contributed by atoms with van der Waals surface area (Å²) in [4.78, 5) is 12.8. The highest BCUT2D eigenvalue weighted by Gasteiger charge is 2.13. The third-order valence-electron chi connectivity index (χ3n) is 2.72. The first-order chi connectivity index (χ1) is 8.71. The summed E-state index contributed by atoms with van der Waals surface area (Å²) < 4.78 is 5.07. The van der Waals surface area contributed by atoms with Crippen molar-refractivity contribution in [2.75, 3.05) is 25.1 Å². The van der Waals surface area contributed by atoms with Gasteiger partial charge >= 0.3 is 0 Å². The van der Waals surface area contributed by atoms with Crippen molar-refractivity contribution in [2.45, 2.75) is 19.4 Å². The second-order valence-electron chi connectivity index (χ2n) is 4.10. The molecule has 0 aromatic heterocycles. The number of benzene rings is 1. The van der Waals surface area contributed by atoms with E-state index in [0.717, 1.165) is 17.5 Å². The minimum atomic E-state index is -0.468. The van der Waals surface area contributed by atoms with E-state index in [-0.39, 0.29) is 0 Å². The maximum Gasteiger partial charge on any atom is 0.150 e. The number of methoxy groups -OCH3 is 1. The summed E-state index contributed by atoms with van der Waals surface area (Å²) in [5.41, 5.74) is 2.16. The van der Waals surface area contributed by atoms with Crippen molar-refractivity contribution in [3.8, 4) is 6.07 Å². The lowest BCUT2D eigenvalue weighted by Crippen LogP contribution is -2.35. The number of anilines is 1. The van der Waals surface area contributed by atoms with Crippen molar-refractivity contribution < 1.29 is 9.53 Å². The molecule has 1 atom stereocenters. The monoisotopic (exact) mass is 246 g/mol. The molecular formula is C14H18N2O2. The Morgan fingerprint density at radius 2 is 2.33 bits per heavy atom. The van der Waals surface area contributed by atoms with Gasteiger partial charge in [0.05, 0.1) is 19.0 Å². The van der Waals surface area contributed by atoms with Crippen LogP contribution in [0.5, 0.6) is 0 Å². The fraction of sp³-hybridized carbons (Fsp3) is 0.429. The molecule has 0 N–H and O–H groups in total. The van der Waals surface area contributed by atoms with Gasteiger partial charge < -0.3 is 14.4 Å². The summed E-state index contributed by atoms with van der Waals surface area (Å²) in [6.07, 6.45) is 0.738. The van der Waals surface area contributed by atoms with Gasteiger partial charge in [-0.3, -0.25) is 0 Å². The number of rotatable bonds is 7.